The molecule has 3 heterocycles. The fourth-order valence-electron chi connectivity index (χ4n) is 2.71. The van der Waals surface area contributed by atoms with Crippen molar-refractivity contribution in [2.75, 3.05) is 0 Å². The van der Waals surface area contributed by atoms with Crippen molar-refractivity contribution in [2.24, 2.45) is 0 Å². The van der Waals surface area contributed by atoms with Crippen LogP contribution in [-0.4, -0.2) is 21.0 Å². The van der Waals surface area contributed by atoms with Gasteiger partial charge in [0.05, 0.1) is 6.54 Å². The normalized spacial score (nSPS) is 10.8. The van der Waals surface area contributed by atoms with Crippen LogP contribution >= 0.6 is 0 Å². The fourth-order valence-corrected chi connectivity index (χ4v) is 2.71. The lowest BCUT2D eigenvalue weighted by Gasteiger charge is -2.02. The Balaban J connectivity index is 1.27. The summed E-state index contributed by atoms with van der Waals surface area (Å²) < 4.78 is 23.9. The number of carbonyl (C=O) groups is 1. The lowest BCUT2D eigenvalue weighted by molar-refractivity contribution is -0.121. The molecule has 7 nitrogen and oxygen atoms in total. The number of nitrogens with zero attached hydrogens (tertiary/aromatic N) is 3. The first kappa shape index (κ1) is 18.5. The lowest BCUT2D eigenvalue weighted by atomic mass is 10.2. The van der Waals surface area contributed by atoms with Crippen LogP contribution in [0.25, 0.3) is 22.7 Å². The third kappa shape index (κ3) is 4.73. The Labute approximate surface area is 165 Å². The predicted octanol–water partition coefficient (Wildman–Crippen LogP) is 3.78. The molecule has 0 atom stereocenters. The minimum atomic E-state index is -0.304. The molecule has 0 saturated carbocycles. The molecule has 4 aromatic rings. The van der Waals surface area contributed by atoms with Gasteiger partial charge in [-0.1, -0.05) is 5.16 Å². The Hall–Kier alpha value is -3.81. The number of carbonyl (C=O) groups excluding carboxylic acids is 1. The topological polar surface area (TPSA) is 94.0 Å². The van der Waals surface area contributed by atoms with Crippen molar-refractivity contribution < 1.29 is 18.1 Å². The van der Waals surface area contributed by atoms with Crippen molar-refractivity contribution >= 4 is 5.91 Å². The summed E-state index contributed by atoms with van der Waals surface area (Å²) in [5, 5.41) is 6.70. The molecule has 4 rings (SSSR count). The molecule has 0 bridgehead atoms. The van der Waals surface area contributed by atoms with E-state index in [1.54, 1.807) is 48.8 Å². The average Bonchev–Trinajstić information content (AvgIpc) is 3.42. The number of hydrogen-bond acceptors (Lipinski definition) is 6. The summed E-state index contributed by atoms with van der Waals surface area (Å²) in [5.41, 5.74) is 1.57. The summed E-state index contributed by atoms with van der Waals surface area (Å²) in [6.07, 6.45) is 3.84. The number of furan rings is 1. The number of hydrogen-bond donors (Lipinski definition) is 1. The molecule has 0 aliphatic heterocycles. The van der Waals surface area contributed by atoms with Gasteiger partial charge in [0, 0.05) is 36.4 Å². The average molecular weight is 392 g/mol. The van der Waals surface area contributed by atoms with Gasteiger partial charge in [0.1, 0.15) is 17.3 Å². The molecule has 0 fully saturated rings. The van der Waals surface area contributed by atoms with Crippen molar-refractivity contribution in [1.29, 1.82) is 0 Å². The number of benzene rings is 1. The van der Waals surface area contributed by atoms with Gasteiger partial charge in [-0.25, -0.2) is 4.39 Å². The molecule has 0 unspecified atom stereocenters. The molecule has 0 aliphatic rings. The second-order valence-corrected chi connectivity index (χ2v) is 6.30. The van der Waals surface area contributed by atoms with Gasteiger partial charge >= 0.3 is 0 Å². The molecular formula is C21H17FN4O3. The Morgan fingerprint density at radius 2 is 1.79 bits per heavy atom. The Morgan fingerprint density at radius 3 is 2.59 bits per heavy atom. The molecule has 0 aliphatic carbocycles. The highest BCUT2D eigenvalue weighted by Crippen LogP contribution is 2.22. The van der Waals surface area contributed by atoms with Crippen LogP contribution in [0.15, 0.2) is 69.9 Å². The molecule has 0 spiro atoms. The van der Waals surface area contributed by atoms with Crippen molar-refractivity contribution in [2.45, 2.75) is 19.4 Å². The number of amides is 1. The van der Waals surface area contributed by atoms with Gasteiger partial charge in [0.2, 0.25) is 17.6 Å². The van der Waals surface area contributed by atoms with Crippen molar-refractivity contribution in [3.63, 3.8) is 0 Å². The van der Waals surface area contributed by atoms with Crippen LogP contribution < -0.4 is 5.32 Å². The van der Waals surface area contributed by atoms with Crippen molar-refractivity contribution in [3.05, 3.63) is 78.4 Å². The van der Waals surface area contributed by atoms with E-state index in [1.807, 2.05) is 0 Å². The van der Waals surface area contributed by atoms with Gasteiger partial charge in [-0.15, -0.1) is 0 Å². The number of nitrogens with one attached hydrogen (secondary N) is 1. The molecule has 1 aromatic carbocycles. The molecule has 0 radical (unpaired) electrons. The van der Waals surface area contributed by atoms with E-state index in [1.165, 1.54) is 12.1 Å². The first-order chi connectivity index (χ1) is 14.2. The summed E-state index contributed by atoms with van der Waals surface area (Å²) in [6.45, 7) is 0.256. The number of aryl methyl sites for hydroxylation is 1. The molecular weight excluding hydrogens is 375 g/mol. The maximum Gasteiger partial charge on any atom is 0.227 e. The number of pyridine rings is 1. The molecule has 29 heavy (non-hydrogen) atoms. The highest BCUT2D eigenvalue weighted by molar-refractivity contribution is 5.76. The van der Waals surface area contributed by atoms with Crippen LogP contribution in [-0.2, 0) is 17.8 Å². The second-order valence-electron chi connectivity index (χ2n) is 6.30. The van der Waals surface area contributed by atoms with Crippen LogP contribution in [0.2, 0.25) is 0 Å². The van der Waals surface area contributed by atoms with Crippen LogP contribution in [0.5, 0.6) is 0 Å². The molecule has 1 N–H and O–H groups in total. The van der Waals surface area contributed by atoms with Gasteiger partial charge in [0.25, 0.3) is 0 Å². The molecule has 146 valence electrons. The first-order valence-electron chi connectivity index (χ1n) is 9.02. The number of rotatable bonds is 7. The molecule has 8 heteroatoms. The SMILES string of the molecule is O=C(CCc1nc(-c2ccncc2)no1)NCc1ccc(-c2ccc(F)cc2)o1. The van der Waals surface area contributed by atoms with E-state index in [-0.39, 0.29) is 24.7 Å². The Kier molecular flexibility index (Phi) is 5.42. The van der Waals surface area contributed by atoms with E-state index in [0.29, 0.717) is 29.7 Å². The summed E-state index contributed by atoms with van der Waals surface area (Å²) in [7, 11) is 0. The summed E-state index contributed by atoms with van der Waals surface area (Å²) in [5.74, 6) is 1.62. The minimum Gasteiger partial charge on any atom is -0.459 e. The first-order valence-corrected chi connectivity index (χ1v) is 9.02. The van der Waals surface area contributed by atoms with E-state index in [9.17, 15) is 9.18 Å². The molecule has 1 amide bonds. The summed E-state index contributed by atoms with van der Waals surface area (Å²) >= 11 is 0. The maximum absolute atomic E-state index is 13.0. The fraction of sp³-hybridized carbons (Fsp3) is 0.143. The highest BCUT2D eigenvalue weighted by Gasteiger charge is 2.11. The van der Waals surface area contributed by atoms with Crippen molar-refractivity contribution in [3.8, 4) is 22.7 Å². The van der Waals surface area contributed by atoms with Crippen LogP contribution in [0.4, 0.5) is 4.39 Å². The zero-order chi connectivity index (χ0) is 20.1. The predicted molar refractivity (Wildman–Crippen MR) is 102 cm³/mol. The standard InChI is InChI=1S/C21H17FN4O3/c22-16-3-1-14(2-4-16)18-6-5-17(28-18)13-24-19(27)7-8-20-25-21(26-29-20)15-9-11-23-12-10-15/h1-6,9-12H,7-8,13H2,(H,24,27). The Bertz CT molecular complexity index is 1090. The monoisotopic (exact) mass is 392 g/mol. The van der Waals surface area contributed by atoms with Crippen molar-refractivity contribution in [1.82, 2.24) is 20.4 Å². The second kappa shape index (κ2) is 8.47. The smallest absolute Gasteiger partial charge is 0.227 e. The summed E-state index contributed by atoms with van der Waals surface area (Å²) in [6, 6.07) is 13.2. The highest BCUT2D eigenvalue weighted by atomic mass is 19.1. The van der Waals surface area contributed by atoms with E-state index < -0.39 is 0 Å². The molecule has 3 aromatic heterocycles. The van der Waals surface area contributed by atoms with E-state index >= 15 is 0 Å². The summed E-state index contributed by atoms with van der Waals surface area (Å²) in [4.78, 5) is 20.3. The lowest BCUT2D eigenvalue weighted by Crippen LogP contribution is -2.22. The number of halogens is 1. The van der Waals surface area contributed by atoms with Gasteiger partial charge in [-0.2, -0.15) is 4.98 Å². The van der Waals surface area contributed by atoms with Crippen LogP contribution in [0, 0.1) is 5.82 Å². The minimum absolute atomic E-state index is 0.159. The quantitative estimate of drug-likeness (QED) is 0.514. The largest absolute Gasteiger partial charge is 0.459 e. The third-order valence-corrected chi connectivity index (χ3v) is 4.22. The van der Waals surface area contributed by atoms with Crippen LogP contribution in [0.3, 0.4) is 0 Å². The van der Waals surface area contributed by atoms with E-state index in [0.717, 1.165) is 11.1 Å². The van der Waals surface area contributed by atoms with Gasteiger partial charge in [0.15, 0.2) is 0 Å². The van der Waals surface area contributed by atoms with Gasteiger partial charge in [-0.05, 0) is 48.5 Å². The van der Waals surface area contributed by atoms with Gasteiger partial charge < -0.3 is 14.3 Å². The van der Waals surface area contributed by atoms with Gasteiger partial charge in [-0.3, -0.25) is 9.78 Å². The zero-order valence-corrected chi connectivity index (χ0v) is 15.3. The Morgan fingerprint density at radius 1 is 1.00 bits per heavy atom. The zero-order valence-electron chi connectivity index (χ0n) is 15.3. The van der Waals surface area contributed by atoms with E-state index in [4.69, 9.17) is 8.94 Å². The van der Waals surface area contributed by atoms with Crippen LogP contribution in [0.1, 0.15) is 18.1 Å². The van der Waals surface area contributed by atoms with E-state index in [2.05, 4.69) is 20.4 Å². The maximum atomic E-state index is 13.0. The molecule has 0 saturated heterocycles. The third-order valence-electron chi connectivity index (χ3n) is 4.22. The number of aromatic nitrogens is 3.